The van der Waals surface area contributed by atoms with Crippen molar-refractivity contribution in [3.63, 3.8) is 0 Å². The largest absolute Gasteiger partial charge is 0.707 e. The number of hydrogen-bond donors (Lipinski definition) is 1. The molecule has 0 bridgehead atoms. The number of nitrogens with one attached hydrogen (secondary N) is 1. The van der Waals surface area contributed by atoms with Crippen molar-refractivity contribution in [1.29, 1.82) is 0 Å². The zero-order chi connectivity index (χ0) is 26.9. The fourth-order valence-corrected chi connectivity index (χ4v) is 1.95. The minimum Gasteiger partial charge on any atom is -0.707 e. The lowest BCUT2D eigenvalue weighted by atomic mass is 10.3. The third kappa shape index (κ3) is 32.4. The van der Waals surface area contributed by atoms with E-state index >= 15 is 0 Å². The van der Waals surface area contributed by atoms with Crippen LogP contribution in [0.1, 0.15) is 6.42 Å². The number of non-ortho nitro benzene ring substituents is 1. The van der Waals surface area contributed by atoms with Crippen LogP contribution in [-0.2, 0) is 14.5 Å². The number of halogens is 9. The van der Waals surface area contributed by atoms with Gasteiger partial charge in [-0.15, -0.1) is 24.0 Å². The van der Waals surface area contributed by atoms with Crippen LogP contribution < -0.4 is 10.6 Å². The highest BCUT2D eigenvalue weighted by Gasteiger charge is 2.07. The molecule has 0 saturated heterocycles. The maximum atomic E-state index is 10.5. The molecular weight excluding hydrogens is 1490 g/mol. The number of benzene rings is 1. The van der Waals surface area contributed by atoms with Gasteiger partial charge in [0.25, 0.3) is 15.8 Å². The minimum atomic E-state index is -3.72. The van der Waals surface area contributed by atoms with Crippen LogP contribution in [0.4, 0.5) is 11.4 Å². The molecule has 1 aliphatic rings. The molecule has 0 aromatic heterocycles. The second-order valence-corrected chi connectivity index (χ2v) is 6.91. The van der Waals surface area contributed by atoms with Crippen LogP contribution in [0.25, 0.3) is 0 Å². The van der Waals surface area contributed by atoms with E-state index < -0.39 is 10.1 Å². The molecule has 204 valence electrons. The number of anilines is 1. The van der Waals surface area contributed by atoms with Crippen molar-refractivity contribution >= 4 is 194 Å². The first-order chi connectivity index (χ1) is 15.7. The van der Waals surface area contributed by atoms with E-state index in [1.54, 1.807) is 12.1 Å². The molecule has 20 heteroatoms. The molecule has 0 amide bonds. The van der Waals surface area contributed by atoms with Gasteiger partial charge in [0, 0.05) is 199 Å². The number of nitro benzene ring substituents is 1. The summed E-state index contributed by atoms with van der Waals surface area (Å²) in [4.78, 5) is 14.5. The Bertz CT molecular complexity index is 705. The molecular formula is C14H22I9N4O6S-. The van der Waals surface area contributed by atoms with Crippen LogP contribution in [-0.4, -0.2) is 56.2 Å². The topological polar surface area (TPSA) is 128 Å². The van der Waals surface area contributed by atoms with Gasteiger partial charge in [-0.3, -0.25) is 10.1 Å². The van der Waals surface area contributed by atoms with E-state index in [1.807, 2.05) is 7.05 Å². The summed E-state index contributed by atoms with van der Waals surface area (Å²) in [5, 5.41) is 22.6. The lowest BCUT2D eigenvalue weighted by Gasteiger charge is -2.18. The smallest absolute Gasteiger partial charge is 0.269 e. The number of nitro groups is 1. The van der Waals surface area contributed by atoms with Crippen LogP contribution in [0.5, 0.6) is 0 Å². The van der Waals surface area contributed by atoms with Gasteiger partial charge in [0.15, 0.2) is 0 Å². The van der Waals surface area contributed by atoms with Crippen molar-refractivity contribution in [2.45, 2.75) is 6.42 Å². The molecule has 0 spiro atoms. The van der Waals surface area contributed by atoms with Gasteiger partial charge in [0.2, 0.25) is 0 Å². The number of rotatable bonds is 7. The Morgan fingerprint density at radius 3 is 1.79 bits per heavy atom. The summed E-state index contributed by atoms with van der Waals surface area (Å²) in [6.45, 7) is 2.80. The van der Waals surface area contributed by atoms with Gasteiger partial charge >= 0.3 is 0 Å². The Morgan fingerprint density at radius 1 is 1.03 bits per heavy atom. The third-order valence-corrected chi connectivity index (χ3v) is 3.34. The molecule has 0 saturated carbocycles. The van der Waals surface area contributed by atoms with Crippen LogP contribution in [0.2, 0.25) is 0 Å². The van der Waals surface area contributed by atoms with Gasteiger partial charge in [-0.2, -0.15) is 0 Å². The fraction of sp³-hybridized carbons (Fsp3) is 0.429. The number of nitrogens with zero attached hydrogens (tertiary/aromatic N) is 3. The minimum absolute atomic E-state index is 0. The van der Waals surface area contributed by atoms with Crippen molar-refractivity contribution in [2.24, 2.45) is 0 Å². The van der Waals surface area contributed by atoms with Crippen LogP contribution in [0, 0.1) is 10.1 Å². The van der Waals surface area contributed by atoms with E-state index in [9.17, 15) is 18.5 Å². The summed E-state index contributed by atoms with van der Waals surface area (Å²) in [6.07, 6.45) is 5.85. The molecule has 1 heterocycles. The molecule has 0 atom stereocenters. The van der Waals surface area contributed by atoms with Crippen LogP contribution in [0.3, 0.4) is 0 Å². The second kappa shape index (κ2) is 35.2. The first kappa shape index (κ1) is 48.0. The summed E-state index contributed by atoms with van der Waals surface area (Å²) in [5.74, 6) is 0. The van der Waals surface area contributed by atoms with Crippen molar-refractivity contribution in [3.05, 3.63) is 46.8 Å². The van der Waals surface area contributed by atoms with Crippen molar-refractivity contribution < 1.29 is 22.9 Å². The highest BCUT2D eigenvalue weighted by Crippen LogP contribution is 2.15. The lowest BCUT2D eigenvalue weighted by molar-refractivity contribution is -0.634. The van der Waals surface area contributed by atoms with Gasteiger partial charge in [0.05, 0.1) is 17.8 Å². The molecule has 1 aliphatic heterocycles. The predicted molar refractivity (Wildman–Crippen MR) is 218 cm³/mol. The summed E-state index contributed by atoms with van der Waals surface area (Å²) >= 11 is 17.0. The maximum absolute atomic E-state index is 10.5. The molecule has 1 N–H and O–H groups in total. The number of hydrogen-bond acceptors (Lipinski definition) is 9. The summed E-state index contributed by atoms with van der Waals surface area (Å²) in [5.41, 5.74) is 1.04. The first-order valence-corrected chi connectivity index (χ1v) is 34.9. The van der Waals surface area contributed by atoms with E-state index in [0.29, 0.717) is 6.26 Å². The van der Waals surface area contributed by atoms with Crippen molar-refractivity contribution in [1.82, 2.24) is 9.80 Å². The summed E-state index contributed by atoms with van der Waals surface area (Å²) < 4.78 is 21.6. The molecule has 0 unspecified atom stereocenters. The van der Waals surface area contributed by atoms with Gasteiger partial charge in [-0.1, -0.05) is 0 Å². The molecule has 0 aliphatic carbocycles. The Kier molecular flexibility index (Phi) is 49.7. The second-order valence-electron chi connectivity index (χ2n) is 5.37. The SMILES string of the molecule is CN1C=CN(CCCNc2ccc([N+](=O)[O-])cc2)C1.CS(=O)(=O)O[O-].I.II.II.II.II. The standard InChI is InChI=1S/C13H18N4O2.CH4O4S.4I2.HI/c1-15-9-10-16(11-15)8-2-7-14-12-3-5-13(6-4-12)17(18)19;1-6(3,4)5-2;4*1-2;/h3-6,9-10,14H,2,7-8,11H2,1H3;2H,1H3;;;;;1H/p-1. The van der Waals surface area contributed by atoms with Gasteiger partial charge in [-0.25, -0.2) is 8.42 Å². The average molecular weight is 1520 g/mol. The molecule has 1 aromatic rings. The molecule has 1 aromatic carbocycles. The van der Waals surface area contributed by atoms with Gasteiger partial charge in [-0.05, 0) is 18.6 Å². The van der Waals surface area contributed by atoms with E-state index in [1.165, 1.54) is 12.1 Å². The molecule has 34 heavy (non-hydrogen) atoms. The van der Waals surface area contributed by atoms with Crippen molar-refractivity contribution in [3.8, 4) is 0 Å². The Balaban J connectivity index is -0.000000158. The van der Waals surface area contributed by atoms with E-state index in [4.69, 9.17) is 5.26 Å². The van der Waals surface area contributed by atoms with Gasteiger partial charge < -0.3 is 24.7 Å². The summed E-state index contributed by atoms with van der Waals surface area (Å²) in [6, 6.07) is 6.50. The zero-order valence-electron chi connectivity index (χ0n) is 17.4. The maximum Gasteiger partial charge on any atom is 0.269 e. The van der Waals surface area contributed by atoms with Crippen LogP contribution >= 0.6 is 173 Å². The van der Waals surface area contributed by atoms with Gasteiger partial charge in [0.1, 0.15) is 0 Å². The monoisotopic (exact) mass is 1520 g/mol. The normalized spacial score (nSPS) is 10.6. The highest BCUT2D eigenvalue weighted by atomic mass is 128. The quantitative estimate of drug-likeness (QED) is 0.0950. The summed E-state index contributed by atoms with van der Waals surface area (Å²) in [7, 11) is -1.67. The Morgan fingerprint density at radius 2 is 1.47 bits per heavy atom. The Hall–Kier alpha value is 4.20. The van der Waals surface area contributed by atoms with E-state index in [0.717, 1.165) is 31.9 Å². The predicted octanol–water partition coefficient (Wildman–Crippen LogP) is 8.01. The first-order valence-electron chi connectivity index (χ1n) is 7.91. The van der Waals surface area contributed by atoms with Crippen molar-refractivity contribution in [2.75, 3.05) is 38.4 Å². The molecule has 10 nitrogen and oxygen atoms in total. The van der Waals surface area contributed by atoms with E-state index in [2.05, 4.69) is 181 Å². The average Bonchev–Trinajstić information content (AvgIpc) is 3.27. The lowest BCUT2D eigenvalue weighted by Crippen LogP contribution is -2.24. The fourth-order valence-electron chi connectivity index (χ4n) is 1.95. The molecule has 2 rings (SSSR count). The molecule has 0 radical (unpaired) electrons. The highest BCUT2D eigenvalue weighted by molar-refractivity contribution is 15.0. The zero-order valence-corrected chi connectivity index (χ0v) is 37.8. The van der Waals surface area contributed by atoms with E-state index in [-0.39, 0.29) is 34.6 Å². The molecule has 0 fully saturated rings. The Labute approximate surface area is 311 Å². The van der Waals surface area contributed by atoms with Crippen LogP contribution in [0.15, 0.2) is 36.7 Å². The third-order valence-electron chi connectivity index (χ3n) is 3.09.